The van der Waals surface area contributed by atoms with Gasteiger partial charge in [0.2, 0.25) is 0 Å². The standard InChI is InChI=1S/C19H16N6O/c1-12-9-13(2)25-18(23-12)16(11-22-25)19(26)24-15-3-4-17(21-10-15)14-5-7-20-8-6-14/h3-11H,1-2H3,(H,24,26). The third-order valence-electron chi connectivity index (χ3n) is 4.02. The van der Waals surface area contributed by atoms with Gasteiger partial charge < -0.3 is 5.32 Å². The Kier molecular flexibility index (Phi) is 3.89. The molecule has 0 radical (unpaired) electrons. The summed E-state index contributed by atoms with van der Waals surface area (Å²) in [5.41, 5.74) is 5.13. The predicted molar refractivity (Wildman–Crippen MR) is 97.9 cm³/mol. The van der Waals surface area contributed by atoms with Crippen LogP contribution in [0, 0.1) is 13.8 Å². The van der Waals surface area contributed by atoms with Crippen LogP contribution in [-0.2, 0) is 0 Å². The number of amides is 1. The normalized spacial score (nSPS) is 10.8. The summed E-state index contributed by atoms with van der Waals surface area (Å²) in [6, 6.07) is 9.36. The second-order valence-corrected chi connectivity index (χ2v) is 5.95. The van der Waals surface area contributed by atoms with E-state index in [1.54, 1.807) is 23.1 Å². The number of aryl methyl sites for hydroxylation is 2. The van der Waals surface area contributed by atoms with Crippen LogP contribution in [0.15, 0.2) is 55.1 Å². The van der Waals surface area contributed by atoms with Gasteiger partial charge in [0.15, 0.2) is 5.65 Å². The first-order valence-electron chi connectivity index (χ1n) is 8.11. The van der Waals surface area contributed by atoms with Gasteiger partial charge in [-0.3, -0.25) is 14.8 Å². The van der Waals surface area contributed by atoms with Crippen LogP contribution >= 0.6 is 0 Å². The topological polar surface area (TPSA) is 85.1 Å². The van der Waals surface area contributed by atoms with Gasteiger partial charge in [0.1, 0.15) is 5.56 Å². The van der Waals surface area contributed by atoms with Gasteiger partial charge in [0.05, 0.1) is 23.8 Å². The lowest BCUT2D eigenvalue weighted by atomic mass is 10.2. The molecule has 0 aliphatic rings. The van der Waals surface area contributed by atoms with Crippen molar-refractivity contribution in [1.82, 2.24) is 24.6 Å². The molecule has 0 saturated carbocycles. The number of anilines is 1. The molecule has 1 N–H and O–H groups in total. The van der Waals surface area contributed by atoms with Gasteiger partial charge in [-0.15, -0.1) is 0 Å². The van der Waals surface area contributed by atoms with Gasteiger partial charge in [-0.1, -0.05) is 0 Å². The van der Waals surface area contributed by atoms with Crippen molar-refractivity contribution in [2.75, 3.05) is 5.32 Å². The van der Waals surface area contributed by atoms with Crippen LogP contribution in [0.5, 0.6) is 0 Å². The molecule has 1 amide bonds. The van der Waals surface area contributed by atoms with Gasteiger partial charge in [0, 0.05) is 29.3 Å². The summed E-state index contributed by atoms with van der Waals surface area (Å²) < 4.78 is 1.66. The number of fused-ring (bicyclic) bond motifs is 1. The molecule has 0 aromatic carbocycles. The molecule has 0 bridgehead atoms. The Morgan fingerprint density at radius 2 is 1.88 bits per heavy atom. The number of rotatable bonds is 3. The number of nitrogens with zero attached hydrogens (tertiary/aromatic N) is 5. The van der Waals surface area contributed by atoms with E-state index >= 15 is 0 Å². The van der Waals surface area contributed by atoms with Crippen LogP contribution < -0.4 is 5.32 Å². The van der Waals surface area contributed by atoms with Crippen molar-refractivity contribution in [3.8, 4) is 11.3 Å². The van der Waals surface area contributed by atoms with E-state index in [9.17, 15) is 4.79 Å². The lowest BCUT2D eigenvalue weighted by Crippen LogP contribution is -2.12. The average molecular weight is 344 g/mol. The molecule has 128 valence electrons. The Bertz CT molecular complexity index is 1090. The fourth-order valence-corrected chi connectivity index (χ4v) is 2.79. The molecule has 0 unspecified atom stereocenters. The Labute approximate surface area is 149 Å². The Morgan fingerprint density at radius 3 is 2.62 bits per heavy atom. The maximum atomic E-state index is 12.6. The fraction of sp³-hybridized carbons (Fsp3) is 0.105. The van der Waals surface area contributed by atoms with E-state index in [4.69, 9.17) is 0 Å². The fourth-order valence-electron chi connectivity index (χ4n) is 2.79. The van der Waals surface area contributed by atoms with Crippen molar-refractivity contribution in [1.29, 1.82) is 0 Å². The summed E-state index contributed by atoms with van der Waals surface area (Å²) in [5.74, 6) is -0.268. The molecule has 7 heteroatoms. The minimum absolute atomic E-state index is 0.268. The first kappa shape index (κ1) is 15.9. The lowest BCUT2D eigenvalue weighted by Gasteiger charge is -2.06. The van der Waals surface area contributed by atoms with Gasteiger partial charge in [-0.2, -0.15) is 5.10 Å². The molecule has 4 heterocycles. The third-order valence-corrected chi connectivity index (χ3v) is 4.02. The molecule has 7 nitrogen and oxygen atoms in total. The molecule has 0 saturated heterocycles. The molecule has 4 rings (SSSR count). The van der Waals surface area contributed by atoms with Gasteiger partial charge in [-0.05, 0) is 44.2 Å². The highest BCUT2D eigenvalue weighted by molar-refractivity contribution is 6.08. The van der Waals surface area contributed by atoms with Crippen molar-refractivity contribution in [2.45, 2.75) is 13.8 Å². The van der Waals surface area contributed by atoms with Crippen LogP contribution in [0.2, 0.25) is 0 Å². The van der Waals surface area contributed by atoms with Crippen molar-refractivity contribution in [3.63, 3.8) is 0 Å². The minimum atomic E-state index is -0.268. The summed E-state index contributed by atoms with van der Waals surface area (Å²) in [5, 5.41) is 7.09. The van der Waals surface area contributed by atoms with Crippen LogP contribution in [0.25, 0.3) is 16.9 Å². The van der Waals surface area contributed by atoms with E-state index in [-0.39, 0.29) is 5.91 Å². The number of carbonyl (C=O) groups excluding carboxylic acids is 1. The summed E-state index contributed by atoms with van der Waals surface area (Å²) in [6.45, 7) is 3.82. The molecule has 0 aliphatic carbocycles. The Balaban J connectivity index is 1.59. The second kappa shape index (κ2) is 6.36. The van der Waals surface area contributed by atoms with E-state index in [2.05, 4.69) is 25.4 Å². The molecule has 26 heavy (non-hydrogen) atoms. The Morgan fingerprint density at radius 1 is 1.08 bits per heavy atom. The number of hydrogen-bond donors (Lipinski definition) is 1. The van der Waals surface area contributed by atoms with E-state index in [1.165, 1.54) is 6.20 Å². The van der Waals surface area contributed by atoms with Crippen molar-refractivity contribution >= 4 is 17.2 Å². The zero-order valence-corrected chi connectivity index (χ0v) is 14.3. The average Bonchev–Trinajstić information content (AvgIpc) is 3.07. The van der Waals surface area contributed by atoms with Crippen LogP contribution in [0.1, 0.15) is 21.7 Å². The minimum Gasteiger partial charge on any atom is -0.320 e. The quantitative estimate of drug-likeness (QED) is 0.617. The summed E-state index contributed by atoms with van der Waals surface area (Å²) in [7, 11) is 0. The number of nitrogens with one attached hydrogen (secondary N) is 1. The number of pyridine rings is 2. The van der Waals surface area contributed by atoms with Gasteiger partial charge in [0.25, 0.3) is 5.91 Å². The molecule has 0 aliphatic heterocycles. The molecule has 4 aromatic rings. The van der Waals surface area contributed by atoms with Crippen LogP contribution in [0.4, 0.5) is 5.69 Å². The van der Waals surface area contributed by atoms with Crippen molar-refractivity contribution in [2.24, 2.45) is 0 Å². The Hall–Kier alpha value is -3.61. The molecule has 0 spiro atoms. The predicted octanol–water partition coefficient (Wildman–Crippen LogP) is 3.06. The maximum Gasteiger partial charge on any atom is 0.261 e. The number of carbonyl (C=O) groups is 1. The molecular weight excluding hydrogens is 328 g/mol. The first-order valence-corrected chi connectivity index (χ1v) is 8.11. The van der Waals surface area contributed by atoms with Crippen LogP contribution in [-0.4, -0.2) is 30.5 Å². The maximum absolute atomic E-state index is 12.6. The van der Waals surface area contributed by atoms with E-state index in [0.29, 0.717) is 16.9 Å². The van der Waals surface area contributed by atoms with E-state index in [1.807, 2.05) is 44.2 Å². The third kappa shape index (κ3) is 2.90. The van der Waals surface area contributed by atoms with Crippen molar-refractivity contribution in [3.05, 3.63) is 72.1 Å². The molecule has 0 atom stereocenters. The molecule has 4 aromatic heterocycles. The van der Waals surface area contributed by atoms with Crippen LogP contribution in [0.3, 0.4) is 0 Å². The van der Waals surface area contributed by atoms with E-state index in [0.717, 1.165) is 22.6 Å². The summed E-state index contributed by atoms with van der Waals surface area (Å²) in [4.78, 5) is 25.4. The summed E-state index contributed by atoms with van der Waals surface area (Å²) >= 11 is 0. The summed E-state index contributed by atoms with van der Waals surface area (Å²) in [6.07, 6.45) is 6.59. The zero-order valence-electron chi connectivity index (χ0n) is 14.3. The van der Waals surface area contributed by atoms with Crippen molar-refractivity contribution < 1.29 is 4.79 Å². The molecule has 0 fully saturated rings. The number of aromatic nitrogens is 5. The monoisotopic (exact) mass is 344 g/mol. The zero-order chi connectivity index (χ0) is 18.1. The van der Waals surface area contributed by atoms with Gasteiger partial charge >= 0.3 is 0 Å². The molecular formula is C19H16N6O. The first-order chi connectivity index (χ1) is 12.6. The highest BCUT2D eigenvalue weighted by atomic mass is 16.1. The SMILES string of the molecule is Cc1cc(C)n2ncc(C(=O)Nc3ccc(-c4ccncc4)nc3)c2n1. The second-order valence-electron chi connectivity index (χ2n) is 5.95. The highest BCUT2D eigenvalue weighted by Crippen LogP contribution is 2.19. The highest BCUT2D eigenvalue weighted by Gasteiger charge is 2.15. The van der Waals surface area contributed by atoms with Gasteiger partial charge in [-0.25, -0.2) is 9.50 Å². The lowest BCUT2D eigenvalue weighted by molar-refractivity contribution is 0.102. The number of hydrogen-bond acceptors (Lipinski definition) is 5. The smallest absolute Gasteiger partial charge is 0.261 e. The largest absolute Gasteiger partial charge is 0.320 e. The van der Waals surface area contributed by atoms with E-state index < -0.39 is 0 Å².